The molecule has 1 saturated carbocycles. The molecule has 1 aromatic rings. The van der Waals surface area contributed by atoms with E-state index < -0.39 is 0 Å². The quantitative estimate of drug-likeness (QED) is 0.452. The van der Waals surface area contributed by atoms with Gasteiger partial charge in [-0.05, 0) is 19.3 Å². The number of nitrogens with one attached hydrogen (secondary N) is 1. The number of aromatic nitrogens is 1. The summed E-state index contributed by atoms with van der Waals surface area (Å²) in [7, 11) is 0. The number of hydrogen-bond donors (Lipinski definition) is 2. The third kappa shape index (κ3) is 4.37. The molecule has 3 rings (SSSR count). The van der Waals surface area contributed by atoms with Crippen molar-refractivity contribution in [2.45, 2.75) is 25.7 Å². The Morgan fingerprint density at radius 2 is 2.17 bits per heavy atom. The molecule has 2 fully saturated rings. The first-order chi connectivity index (χ1) is 11.7. The minimum atomic E-state index is 0.205. The molecule has 0 radical (unpaired) electrons. The fourth-order valence-electron chi connectivity index (χ4n) is 2.90. The van der Waals surface area contributed by atoms with Crippen LogP contribution in [-0.4, -0.2) is 61.0 Å². The van der Waals surface area contributed by atoms with Crippen molar-refractivity contribution < 1.29 is 4.79 Å². The molecular formula is C16H26N6OS. The maximum absolute atomic E-state index is 11.7. The van der Waals surface area contributed by atoms with Crippen LogP contribution in [0.25, 0.3) is 0 Å². The molecule has 1 aliphatic carbocycles. The standard InChI is InChI=1S/C16H26N6OS/c17-15(19-6-2-5-18-14(23)13-3-1-4-13)21-8-10-22(11-9-21)16-20-7-12-24-16/h7,12-13H,1-6,8-11H2,(H2,17,19)(H,18,23). The number of hydrogen-bond acceptors (Lipinski definition) is 5. The Morgan fingerprint density at radius 1 is 1.38 bits per heavy atom. The van der Waals surface area contributed by atoms with Crippen molar-refractivity contribution in [2.75, 3.05) is 44.2 Å². The summed E-state index contributed by atoms with van der Waals surface area (Å²) in [6.45, 7) is 4.91. The van der Waals surface area contributed by atoms with E-state index >= 15 is 0 Å². The van der Waals surface area contributed by atoms with Crippen LogP contribution in [0.5, 0.6) is 0 Å². The summed E-state index contributed by atoms with van der Waals surface area (Å²) in [5.41, 5.74) is 6.09. The highest BCUT2D eigenvalue weighted by Gasteiger charge is 2.24. The maximum Gasteiger partial charge on any atom is 0.223 e. The maximum atomic E-state index is 11.7. The smallest absolute Gasteiger partial charge is 0.223 e. The summed E-state index contributed by atoms with van der Waals surface area (Å²) >= 11 is 1.67. The molecule has 8 heteroatoms. The van der Waals surface area contributed by atoms with Gasteiger partial charge in [0.2, 0.25) is 5.91 Å². The minimum Gasteiger partial charge on any atom is -0.370 e. The predicted molar refractivity (Wildman–Crippen MR) is 97.4 cm³/mol. The lowest BCUT2D eigenvalue weighted by atomic mass is 9.85. The molecule has 0 spiro atoms. The molecule has 7 nitrogen and oxygen atoms in total. The van der Waals surface area contributed by atoms with Gasteiger partial charge in [0, 0.05) is 56.8 Å². The highest BCUT2D eigenvalue weighted by Crippen LogP contribution is 2.26. The Kier molecular flexibility index (Phi) is 5.90. The fourth-order valence-corrected chi connectivity index (χ4v) is 3.59. The van der Waals surface area contributed by atoms with Crippen molar-refractivity contribution in [3.63, 3.8) is 0 Å². The van der Waals surface area contributed by atoms with Crippen molar-refractivity contribution in [2.24, 2.45) is 16.6 Å². The van der Waals surface area contributed by atoms with Gasteiger partial charge in [-0.25, -0.2) is 4.98 Å². The lowest BCUT2D eigenvalue weighted by molar-refractivity contribution is -0.127. The number of carbonyl (C=O) groups excluding carboxylic acids is 1. The van der Waals surface area contributed by atoms with Gasteiger partial charge in [-0.2, -0.15) is 0 Å². The van der Waals surface area contributed by atoms with Crippen LogP contribution in [-0.2, 0) is 4.79 Å². The molecule has 132 valence electrons. The molecule has 0 aromatic carbocycles. The molecule has 2 heterocycles. The number of nitrogens with two attached hydrogens (primary N) is 1. The van der Waals surface area contributed by atoms with E-state index in [1.54, 1.807) is 11.3 Å². The van der Waals surface area contributed by atoms with E-state index in [2.05, 4.69) is 25.1 Å². The molecule has 1 aromatic heterocycles. The molecular weight excluding hydrogens is 324 g/mol. The van der Waals surface area contributed by atoms with Crippen LogP contribution in [0.4, 0.5) is 5.13 Å². The van der Waals surface area contributed by atoms with Crippen LogP contribution in [0.3, 0.4) is 0 Å². The third-order valence-electron chi connectivity index (χ3n) is 4.68. The van der Waals surface area contributed by atoms with Gasteiger partial charge in [-0.1, -0.05) is 6.42 Å². The lowest BCUT2D eigenvalue weighted by Gasteiger charge is -2.35. The van der Waals surface area contributed by atoms with E-state index in [4.69, 9.17) is 5.73 Å². The predicted octanol–water partition coefficient (Wildman–Crippen LogP) is 0.886. The van der Waals surface area contributed by atoms with Crippen molar-refractivity contribution in [1.29, 1.82) is 0 Å². The van der Waals surface area contributed by atoms with Gasteiger partial charge < -0.3 is 20.9 Å². The summed E-state index contributed by atoms with van der Waals surface area (Å²) in [5, 5.41) is 6.06. The van der Waals surface area contributed by atoms with E-state index in [9.17, 15) is 4.79 Å². The summed E-state index contributed by atoms with van der Waals surface area (Å²) < 4.78 is 0. The van der Waals surface area contributed by atoms with Crippen molar-refractivity contribution in [3.8, 4) is 0 Å². The second-order valence-corrected chi connectivity index (χ2v) is 7.17. The molecule has 0 atom stereocenters. The van der Waals surface area contributed by atoms with Gasteiger partial charge in [0.1, 0.15) is 0 Å². The molecule has 1 aliphatic heterocycles. The zero-order valence-corrected chi connectivity index (χ0v) is 14.8. The first-order valence-corrected chi connectivity index (χ1v) is 9.59. The number of carbonyl (C=O) groups is 1. The Morgan fingerprint density at radius 3 is 2.79 bits per heavy atom. The van der Waals surface area contributed by atoms with E-state index in [1.165, 1.54) is 6.42 Å². The zero-order valence-electron chi connectivity index (χ0n) is 14.0. The van der Waals surface area contributed by atoms with E-state index in [-0.39, 0.29) is 11.8 Å². The van der Waals surface area contributed by atoms with Crippen molar-refractivity contribution in [1.82, 2.24) is 15.2 Å². The van der Waals surface area contributed by atoms with Crippen LogP contribution in [0, 0.1) is 5.92 Å². The van der Waals surface area contributed by atoms with Gasteiger partial charge >= 0.3 is 0 Å². The number of guanidine groups is 1. The molecule has 1 saturated heterocycles. The second-order valence-electron chi connectivity index (χ2n) is 6.30. The average Bonchev–Trinajstić information content (AvgIpc) is 3.07. The zero-order chi connectivity index (χ0) is 16.8. The molecule has 3 N–H and O–H groups in total. The topological polar surface area (TPSA) is 86.8 Å². The molecule has 24 heavy (non-hydrogen) atoms. The van der Waals surface area contributed by atoms with Crippen LogP contribution >= 0.6 is 11.3 Å². The molecule has 1 amide bonds. The third-order valence-corrected chi connectivity index (χ3v) is 5.51. The summed E-state index contributed by atoms with van der Waals surface area (Å²) in [4.78, 5) is 24.9. The van der Waals surface area contributed by atoms with Crippen LogP contribution in [0.15, 0.2) is 16.6 Å². The minimum absolute atomic E-state index is 0.205. The number of amides is 1. The molecule has 0 bridgehead atoms. The largest absolute Gasteiger partial charge is 0.370 e. The fraction of sp³-hybridized carbons (Fsp3) is 0.688. The van der Waals surface area contributed by atoms with E-state index in [0.717, 1.165) is 50.6 Å². The van der Waals surface area contributed by atoms with Crippen LogP contribution in [0.2, 0.25) is 0 Å². The molecule has 0 unspecified atom stereocenters. The van der Waals surface area contributed by atoms with Crippen LogP contribution in [0.1, 0.15) is 25.7 Å². The van der Waals surface area contributed by atoms with Gasteiger partial charge in [-0.3, -0.25) is 9.79 Å². The highest BCUT2D eigenvalue weighted by molar-refractivity contribution is 7.13. The Hall–Kier alpha value is -1.83. The van der Waals surface area contributed by atoms with Gasteiger partial charge in [0.15, 0.2) is 11.1 Å². The molecule has 2 aliphatic rings. The number of aliphatic imine (C=N–C) groups is 1. The summed E-state index contributed by atoms with van der Waals surface area (Å²) in [5.74, 6) is 1.07. The van der Waals surface area contributed by atoms with E-state index in [0.29, 0.717) is 19.0 Å². The number of piperazine rings is 1. The normalized spacial score (nSPS) is 19.2. The lowest BCUT2D eigenvalue weighted by Crippen LogP contribution is -2.51. The van der Waals surface area contributed by atoms with Gasteiger partial charge in [0.25, 0.3) is 0 Å². The van der Waals surface area contributed by atoms with Crippen LogP contribution < -0.4 is 16.0 Å². The summed E-state index contributed by atoms with van der Waals surface area (Å²) in [6, 6.07) is 0. The van der Waals surface area contributed by atoms with Crippen molar-refractivity contribution >= 4 is 28.3 Å². The number of rotatable bonds is 6. The number of anilines is 1. The SMILES string of the molecule is NC(=NCCCNC(=O)C1CCC1)N1CCN(c2nccs2)CC1. The first kappa shape index (κ1) is 17.0. The van der Waals surface area contributed by atoms with Crippen molar-refractivity contribution in [3.05, 3.63) is 11.6 Å². The van der Waals surface area contributed by atoms with Gasteiger partial charge in [-0.15, -0.1) is 11.3 Å². The number of thiazole rings is 1. The Bertz CT molecular complexity index is 549. The summed E-state index contributed by atoms with van der Waals surface area (Å²) in [6.07, 6.45) is 5.95. The Labute approximate surface area is 146 Å². The number of nitrogens with zero attached hydrogens (tertiary/aromatic N) is 4. The second kappa shape index (κ2) is 8.32. The monoisotopic (exact) mass is 350 g/mol. The Balaban J connectivity index is 1.32. The van der Waals surface area contributed by atoms with E-state index in [1.807, 2.05) is 11.6 Å². The average molecular weight is 350 g/mol. The van der Waals surface area contributed by atoms with Gasteiger partial charge in [0.05, 0.1) is 0 Å². The first-order valence-electron chi connectivity index (χ1n) is 8.71. The highest BCUT2D eigenvalue weighted by atomic mass is 32.1.